The third kappa shape index (κ3) is 4.72. The Morgan fingerprint density at radius 1 is 1.12 bits per heavy atom. The summed E-state index contributed by atoms with van der Waals surface area (Å²) in [6.07, 6.45) is 0. The van der Waals surface area contributed by atoms with Crippen molar-refractivity contribution in [2.75, 3.05) is 26.9 Å². The molecule has 2 aromatic rings. The topological polar surface area (TPSA) is 77.1 Å². The van der Waals surface area contributed by atoms with Crippen molar-refractivity contribution in [1.82, 2.24) is 10.2 Å². The fourth-order valence-corrected chi connectivity index (χ4v) is 3.74. The minimum atomic E-state index is -0.684. The van der Waals surface area contributed by atoms with Crippen molar-refractivity contribution < 1.29 is 23.8 Å². The number of amides is 2. The summed E-state index contributed by atoms with van der Waals surface area (Å²) in [5.41, 5.74) is 3.68. The molecule has 1 heterocycles. The first-order chi connectivity index (χ1) is 15.4. The molecule has 0 unspecified atom stereocenters. The normalized spacial score (nSPS) is 16.0. The van der Waals surface area contributed by atoms with Crippen LogP contribution in [0.3, 0.4) is 0 Å². The molecule has 0 saturated heterocycles. The smallest absolute Gasteiger partial charge is 0.338 e. The Morgan fingerprint density at radius 2 is 1.88 bits per heavy atom. The van der Waals surface area contributed by atoms with Crippen molar-refractivity contribution in [3.05, 3.63) is 70.4 Å². The molecule has 2 aromatic carbocycles. The van der Waals surface area contributed by atoms with E-state index in [4.69, 9.17) is 14.2 Å². The van der Waals surface area contributed by atoms with Gasteiger partial charge in [-0.25, -0.2) is 9.59 Å². The molecular formula is C25H30N2O5. The Kier molecular flexibility index (Phi) is 7.41. The van der Waals surface area contributed by atoms with E-state index in [2.05, 4.69) is 5.32 Å². The predicted molar refractivity (Wildman–Crippen MR) is 122 cm³/mol. The molecule has 0 spiro atoms. The summed E-state index contributed by atoms with van der Waals surface area (Å²) in [7, 11) is 1.57. The maximum Gasteiger partial charge on any atom is 0.338 e. The van der Waals surface area contributed by atoms with Gasteiger partial charge in [0.25, 0.3) is 0 Å². The lowest BCUT2D eigenvalue weighted by Gasteiger charge is -2.36. The van der Waals surface area contributed by atoms with E-state index in [1.165, 1.54) is 4.90 Å². The molecule has 1 atom stereocenters. The lowest BCUT2D eigenvalue weighted by molar-refractivity contribution is -0.139. The quantitative estimate of drug-likeness (QED) is 0.622. The van der Waals surface area contributed by atoms with Crippen molar-refractivity contribution in [1.29, 1.82) is 0 Å². The average molecular weight is 439 g/mol. The van der Waals surface area contributed by atoms with E-state index >= 15 is 0 Å². The van der Waals surface area contributed by atoms with E-state index in [-0.39, 0.29) is 19.2 Å². The van der Waals surface area contributed by atoms with Gasteiger partial charge in [-0.1, -0.05) is 24.3 Å². The van der Waals surface area contributed by atoms with Gasteiger partial charge in [0.1, 0.15) is 18.1 Å². The fraction of sp³-hybridized carbons (Fsp3) is 0.360. The van der Waals surface area contributed by atoms with Crippen LogP contribution in [0.5, 0.6) is 11.5 Å². The van der Waals surface area contributed by atoms with Crippen molar-refractivity contribution in [3.63, 3.8) is 0 Å². The number of ether oxygens (including phenoxy) is 3. The molecule has 1 aliphatic rings. The van der Waals surface area contributed by atoms with Crippen LogP contribution >= 0.6 is 0 Å². The first-order valence-electron chi connectivity index (χ1n) is 10.7. The Morgan fingerprint density at radius 3 is 2.56 bits per heavy atom. The van der Waals surface area contributed by atoms with E-state index in [1.54, 1.807) is 20.1 Å². The van der Waals surface area contributed by atoms with Crippen LogP contribution in [-0.2, 0) is 9.53 Å². The van der Waals surface area contributed by atoms with Crippen LogP contribution < -0.4 is 14.8 Å². The van der Waals surface area contributed by atoms with E-state index in [0.717, 1.165) is 16.7 Å². The highest BCUT2D eigenvalue weighted by Gasteiger charge is 2.38. The standard InChI is InChI=1S/C25H30N2O5/c1-6-27-20(15-32-21-13-8-10-16(3)17(21)4)22(24(28)31-7-2)23(26-25(27)29)18-11-9-12-19(14-18)30-5/h8-14,23H,6-7,15H2,1-5H3,(H,26,29)/t23-/m1/s1. The summed E-state index contributed by atoms with van der Waals surface area (Å²) in [6, 6.07) is 12.1. The molecule has 0 fully saturated rings. The van der Waals surface area contributed by atoms with Gasteiger partial charge >= 0.3 is 12.0 Å². The number of likely N-dealkylation sites (N-methyl/N-ethyl adjacent to an activating group) is 1. The first kappa shape index (κ1) is 23.2. The van der Waals surface area contributed by atoms with Crippen LogP contribution in [-0.4, -0.2) is 43.8 Å². The molecule has 0 radical (unpaired) electrons. The molecule has 1 aliphatic heterocycles. The summed E-state index contributed by atoms with van der Waals surface area (Å²) >= 11 is 0. The maximum atomic E-state index is 13.1. The van der Waals surface area contributed by atoms with Gasteiger partial charge < -0.3 is 19.5 Å². The number of benzene rings is 2. The van der Waals surface area contributed by atoms with Crippen molar-refractivity contribution in [2.24, 2.45) is 0 Å². The number of carbonyl (C=O) groups is 2. The number of hydrogen-bond acceptors (Lipinski definition) is 5. The number of rotatable bonds is 8. The summed E-state index contributed by atoms with van der Waals surface area (Å²) in [4.78, 5) is 27.6. The largest absolute Gasteiger partial charge is 0.497 e. The molecule has 7 nitrogen and oxygen atoms in total. The van der Waals surface area contributed by atoms with Crippen LogP contribution in [0, 0.1) is 13.8 Å². The third-order valence-electron chi connectivity index (χ3n) is 5.60. The Bertz CT molecular complexity index is 1030. The van der Waals surface area contributed by atoms with Crippen LogP contribution in [0.4, 0.5) is 4.79 Å². The second kappa shape index (κ2) is 10.2. The molecule has 32 heavy (non-hydrogen) atoms. The number of nitrogens with zero attached hydrogens (tertiary/aromatic N) is 1. The lowest BCUT2D eigenvalue weighted by atomic mass is 9.94. The van der Waals surface area contributed by atoms with Gasteiger partial charge in [-0.2, -0.15) is 0 Å². The maximum absolute atomic E-state index is 13.1. The highest BCUT2D eigenvalue weighted by Crippen LogP contribution is 2.33. The van der Waals surface area contributed by atoms with Gasteiger partial charge in [0, 0.05) is 6.54 Å². The highest BCUT2D eigenvalue weighted by molar-refractivity contribution is 5.95. The highest BCUT2D eigenvalue weighted by atomic mass is 16.5. The number of methoxy groups -OCH3 is 1. The van der Waals surface area contributed by atoms with Gasteiger partial charge in [-0.15, -0.1) is 0 Å². The van der Waals surface area contributed by atoms with E-state index < -0.39 is 12.0 Å². The van der Waals surface area contributed by atoms with Crippen LogP contribution in [0.2, 0.25) is 0 Å². The molecule has 7 heteroatoms. The van der Waals surface area contributed by atoms with Crippen LogP contribution in [0.15, 0.2) is 53.7 Å². The van der Waals surface area contributed by atoms with Gasteiger partial charge in [-0.05, 0) is 62.6 Å². The summed E-state index contributed by atoms with van der Waals surface area (Å²) < 4.78 is 16.8. The van der Waals surface area contributed by atoms with Gasteiger partial charge in [0.15, 0.2) is 0 Å². The van der Waals surface area contributed by atoms with Crippen molar-refractivity contribution in [3.8, 4) is 11.5 Å². The second-order valence-electron chi connectivity index (χ2n) is 7.47. The average Bonchev–Trinajstić information content (AvgIpc) is 2.79. The molecule has 2 amide bonds. The molecule has 0 aromatic heterocycles. The molecule has 3 rings (SSSR count). The van der Waals surface area contributed by atoms with Crippen molar-refractivity contribution >= 4 is 12.0 Å². The molecule has 0 saturated carbocycles. The molecule has 0 bridgehead atoms. The minimum absolute atomic E-state index is 0.0557. The zero-order valence-electron chi connectivity index (χ0n) is 19.2. The Labute approximate surface area is 189 Å². The summed E-state index contributed by atoms with van der Waals surface area (Å²) in [6.45, 7) is 8.26. The van der Waals surface area contributed by atoms with E-state index in [9.17, 15) is 9.59 Å². The van der Waals surface area contributed by atoms with Crippen molar-refractivity contribution in [2.45, 2.75) is 33.7 Å². The zero-order chi connectivity index (χ0) is 23.3. The third-order valence-corrected chi connectivity index (χ3v) is 5.60. The Hall–Kier alpha value is -3.48. The number of urea groups is 1. The SMILES string of the molecule is CCOC(=O)C1=C(COc2cccc(C)c2C)N(CC)C(=O)N[C@@H]1c1cccc(OC)c1. The predicted octanol–water partition coefficient (Wildman–Crippen LogP) is 4.29. The zero-order valence-corrected chi connectivity index (χ0v) is 19.2. The summed E-state index contributed by atoms with van der Waals surface area (Å²) in [5.74, 6) is 0.852. The first-order valence-corrected chi connectivity index (χ1v) is 10.7. The van der Waals surface area contributed by atoms with Crippen LogP contribution in [0.25, 0.3) is 0 Å². The van der Waals surface area contributed by atoms with E-state index in [0.29, 0.717) is 29.3 Å². The van der Waals surface area contributed by atoms with Gasteiger partial charge in [0.2, 0.25) is 0 Å². The second-order valence-corrected chi connectivity index (χ2v) is 7.47. The van der Waals surface area contributed by atoms with Crippen LogP contribution in [0.1, 0.15) is 36.6 Å². The monoisotopic (exact) mass is 438 g/mol. The number of nitrogens with one attached hydrogen (secondary N) is 1. The van der Waals surface area contributed by atoms with Gasteiger partial charge in [-0.3, -0.25) is 4.90 Å². The number of aryl methyl sites for hydroxylation is 1. The summed E-state index contributed by atoms with van der Waals surface area (Å²) in [5, 5.41) is 2.94. The van der Waals surface area contributed by atoms with E-state index in [1.807, 2.05) is 57.2 Å². The minimum Gasteiger partial charge on any atom is -0.497 e. The molecule has 0 aliphatic carbocycles. The lowest BCUT2D eigenvalue weighted by Crippen LogP contribution is -2.49. The Balaban J connectivity index is 2.10. The van der Waals surface area contributed by atoms with Gasteiger partial charge in [0.05, 0.1) is 31.0 Å². The molecular weight excluding hydrogens is 408 g/mol. The fourth-order valence-electron chi connectivity index (χ4n) is 3.74. The molecule has 170 valence electrons. The molecule has 1 N–H and O–H groups in total. The number of hydrogen-bond donors (Lipinski definition) is 1. The number of esters is 1. The number of carbonyl (C=O) groups excluding carboxylic acids is 2.